The van der Waals surface area contributed by atoms with Crippen molar-refractivity contribution in [2.75, 3.05) is 18.5 Å². The Morgan fingerprint density at radius 2 is 2.40 bits per heavy atom. The predicted octanol–water partition coefficient (Wildman–Crippen LogP) is 1.88. The first-order chi connectivity index (χ1) is 7.24. The average molecular weight is 203 g/mol. The zero-order valence-electron chi connectivity index (χ0n) is 8.87. The van der Waals surface area contributed by atoms with Gasteiger partial charge in [-0.2, -0.15) is 5.26 Å². The molecule has 0 atom stereocenters. The summed E-state index contributed by atoms with van der Waals surface area (Å²) < 4.78 is 5.38. The Labute approximate surface area is 88.9 Å². The second-order valence-corrected chi connectivity index (χ2v) is 3.81. The highest BCUT2D eigenvalue weighted by Gasteiger charge is 2.19. The molecule has 15 heavy (non-hydrogen) atoms. The van der Waals surface area contributed by atoms with Gasteiger partial charge in [-0.25, -0.2) is 4.98 Å². The summed E-state index contributed by atoms with van der Waals surface area (Å²) >= 11 is 0. The van der Waals surface area contributed by atoms with Crippen molar-refractivity contribution in [2.24, 2.45) is 0 Å². The summed E-state index contributed by atoms with van der Waals surface area (Å²) in [5.74, 6) is 0.836. The molecule has 4 nitrogen and oxygen atoms in total. The Bertz CT molecular complexity index is 421. The molecule has 0 spiro atoms. The number of ether oxygens (including phenoxy) is 1. The van der Waals surface area contributed by atoms with E-state index in [0.717, 1.165) is 17.8 Å². The minimum Gasteiger partial charge on any atom is -0.474 e. The summed E-state index contributed by atoms with van der Waals surface area (Å²) in [6, 6.07) is 2.22. The Morgan fingerprint density at radius 3 is 3.07 bits per heavy atom. The molecular weight excluding hydrogens is 190 g/mol. The molecule has 1 N–H and O–H groups in total. The number of nitriles is 1. The zero-order chi connectivity index (χ0) is 10.8. The van der Waals surface area contributed by atoms with Crippen LogP contribution in [0.1, 0.15) is 30.9 Å². The van der Waals surface area contributed by atoms with Crippen LogP contribution in [0.25, 0.3) is 0 Å². The molecule has 0 bridgehead atoms. The molecule has 1 aliphatic rings. The van der Waals surface area contributed by atoms with E-state index < -0.39 is 0 Å². The molecule has 0 aromatic carbocycles. The van der Waals surface area contributed by atoms with Gasteiger partial charge in [-0.05, 0) is 11.5 Å². The van der Waals surface area contributed by atoms with Crippen LogP contribution in [0.2, 0.25) is 0 Å². The lowest BCUT2D eigenvalue weighted by Gasteiger charge is -2.21. The molecule has 0 unspecified atom stereocenters. The van der Waals surface area contributed by atoms with Gasteiger partial charge in [0.1, 0.15) is 18.4 Å². The standard InChI is InChI=1S/C11H13N3O/c1-7(2)9-6-14-11-10(8(9)5-12)13-3-4-15-11/h6-7,13H,3-4H2,1-2H3. The van der Waals surface area contributed by atoms with Gasteiger partial charge in [0.2, 0.25) is 5.88 Å². The monoisotopic (exact) mass is 203 g/mol. The quantitative estimate of drug-likeness (QED) is 0.757. The summed E-state index contributed by atoms with van der Waals surface area (Å²) in [6.07, 6.45) is 1.73. The van der Waals surface area contributed by atoms with Crippen LogP contribution >= 0.6 is 0 Å². The van der Waals surface area contributed by atoms with Gasteiger partial charge in [-0.15, -0.1) is 0 Å². The van der Waals surface area contributed by atoms with E-state index in [1.807, 2.05) is 13.8 Å². The maximum atomic E-state index is 9.15. The summed E-state index contributed by atoms with van der Waals surface area (Å²) in [5, 5.41) is 12.3. The molecule has 0 aliphatic carbocycles. The largest absolute Gasteiger partial charge is 0.474 e. The molecule has 0 radical (unpaired) electrons. The highest BCUT2D eigenvalue weighted by atomic mass is 16.5. The van der Waals surface area contributed by atoms with Crippen molar-refractivity contribution in [3.8, 4) is 11.9 Å². The van der Waals surface area contributed by atoms with Gasteiger partial charge in [-0.1, -0.05) is 13.8 Å². The molecule has 1 aromatic rings. The van der Waals surface area contributed by atoms with Gasteiger partial charge < -0.3 is 10.1 Å². The number of hydrogen-bond donors (Lipinski definition) is 1. The number of anilines is 1. The lowest BCUT2D eigenvalue weighted by Crippen LogP contribution is -2.20. The van der Waals surface area contributed by atoms with E-state index in [1.165, 1.54) is 0 Å². The summed E-state index contributed by atoms with van der Waals surface area (Å²) in [6.45, 7) is 5.43. The van der Waals surface area contributed by atoms with Crippen LogP contribution in [0.15, 0.2) is 6.20 Å². The predicted molar refractivity (Wildman–Crippen MR) is 57.0 cm³/mol. The Kier molecular flexibility index (Phi) is 2.46. The molecule has 1 aliphatic heterocycles. The minimum absolute atomic E-state index is 0.293. The normalized spacial score (nSPS) is 13.7. The second-order valence-electron chi connectivity index (χ2n) is 3.81. The van der Waals surface area contributed by atoms with Crippen molar-refractivity contribution in [3.05, 3.63) is 17.3 Å². The average Bonchev–Trinajstić information content (AvgIpc) is 2.27. The smallest absolute Gasteiger partial charge is 0.238 e. The number of hydrogen-bond acceptors (Lipinski definition) is 4. The third-order valence-corrected chi connectivity index (χ3v) is 2.45. The van der Waals surface area contributed by atoms with Crippen molar-refractivity contribution >= 4 is 5.69 Å². The molecule has 1 aromatic heterocycles. The molecule has 78 valence electrons. The lowest BCUT2D eigenvalue weighted by atomic mass is 9.99. The highest BCUT2D eigenvalue weighted by molar-refractivity contribution is 5.67. The SMILES string of the molecule is CC(C)c1cnc2c(c1C#N)NCCO2. The van der Waals surface area contributed by atoms with Crippen LogP contribution in [-0.2, 0) is 0 Å². The first kappa shape index (κ1) is 9.78. The van der Waals surface area contributed by atoms with E-state index in [9.17, 15) is 0 Å². The Morgan fingerprint density at radius 1 is 1.60 bits per heavy atom. The van der Waals surface area contributed by atoms with Gasteiger partial charge in [-0.3, -0.25) is 0 Å². The van der Waals surface area contributed by atoms with E-state index >= 15 is 0 Å². The third-order valence-electron chi connectivity index (χ3n) is 2.45. The Hall–Kier alpha value is -1.76. The maximum Gasteiger partial charge on any atom is 0.238 e. The summed E-state index contributed by atoms with van der Waals surface area (Å²) in [4.78, 5) is 4.21. The molecule has 2 rings (SSSR count). The molecule has 0 saturated carbocycles. The fraction of sp³-hybridized carbons (Fsp3) is 0.455. The highest BCUT2D eigenvalue weighted by Crippen LogP contribution is 2.33. The maximum absolute atomic E-state index is 9.15. The van der Waals surface area contributed by atoms with Crippen LogP contribution in [0.5, 0.6) is 5.88 Å². The van der Waals surface area contributed by atoms with Gasteiger partial charge in [0, 0.05) is 12.7 Å². The molecule has 2 heterocycles. The van der Waals surface area contributed by atoms with Crippen LogP contribution < -0.4 is 10.1 Å². The van der Waals surface area contributed by atoms with Crippen molar-refractivity contribution in [3.63, 3.8) is 0 Å². The Balaban J connectivity index is 2.58. The number of rotatable bonds is 1. The first-order valence-corrected chi connectivity index (χ1v) is 5.03. The van der Waals surface area contributed by atoms with E-state index in [-0.39, 0.29) is 0 Å². The second kappa shape index (κ2) is 3.77. The number of aromatic nitrogens is 1. The van der Waals surface area contributed by atoms with Gasteiger partial charge in [0.25, 0.3) is 0 Å². The van der Waals surface area contributed by atoms with Crippen molar-refractivity contribution in [2.45, 2.75) is 19.8 Å². The van der Waals surface area contributed by atoms with E-state index in [4.69, 9.17) is 10.00 Å². The van der Waals surface area contributed by atoms with Gasteiger partial charge in [0.15, 0.2) is 0 Å². The third kappa shape index (κ3) is 1.61. The van der Waals surface area contributed by atoms with Crippen molar-refractivity contribution in [1.82, 2.24) is 4.98 Å². The number of pyridine rings is 1. The number of nitrogens with zero attached hydrogens (tertiary/aromatic N) is 2. The van der Waals surface area contributed by atoms with E-state index in [0.29, 0.717) is 24.0 Å². The minimum atomic E-state index is 0.293. The van der Waals surface area contributed by atoms with Crippen LogP contribution in [0.4, 0.5) is 5.69 Å². The number of fused-ring (bicyclic) bond motifs is 1. The topological polar surface area (TPSA) is 57.9 Å². The fourth-order valence-electron chi connectivity index (χ4n) is 1.66. The lowest BCUT2D eigenvalue weighted by molar-refractivity contribution is 0.310. The number of nitrogens with one attached hydrogen (secondary N) is 1. The van der Waals surface area contributed by atoms with E-state index in [1.54, 1.807) is 6.20 Å². The molecule has 4 heteroatoms. The molecule has 0 fully saturated rings. The fourth-order valence-corrected chi connectivity index (χ4v) is 1.66. The molecule has 0 saturated heterocycles. The summed E-state index contributed by atoms with van der Waals surface area (Å²) in [5.41, 5.74) is 2.37. The van der Waals surface area contributed by atoms with Gasteiger partial charge >= 0.3 is 0 Å². The van der Waals surface area contributed by atoms with Crippen molar-refractivity contribution in [1.29, 1.82) is 5.26 Å². The first-order valence-electron chi connectivity index (χ1n) is 5.03. The van der Waals surface area contributed by atoms with Crippen LogP contribution in [-0.4, -0.2) is 18.1 Å². The van der Waals surface area contributed by atoms with E-state index in [2.05, 4.69) is 16.4 Å². The van der Waals surface area contributed by atoms with Gasteiger partial charge in [0.05, 0.1) is 5.56 Å². The molecular formula is C11H13N3O. The summed E-state index contributed by atoms with van der Waals surface area (Å²) in [7, 11) is 0. The molecule has 0 amide bonds. The van der Waals surface area contributed by atoms with Crippen LogP contribution in [0, 0.1) is 11.3 Å². The van der Waals surface area contributed by atoms with Crippen molar-refractivity contribution < 1.29 is 4.74 Å². The van der Waals surface area contributed by atoms with Crippen LogP contribution in [0.3, 0.4) is 0 Å². The zero-order valence-corrected chi connectivity index (χ0v) is 8.87.